The molecule has 1 aromatic carbocycles. The molecule has 172 valence electrons. The molecule has 1 unspecified atom stereocenters. The summed E-state index contributed by atoms with van der Waals surface area (Å²) in [7, 11) is -2.49. The molecule has 1 saturated heterocycles. The van der Waals surface area contributed by atoms with Crippen molar-refractivity contribution in [3.8, 4) is 5.75 Å². The Kier molecular flexibility index (Phi) is 8.81. The van der Waals surface area contributed by atoms with Gasteiger partial charge in [-0.15, -0.1) is 0 Å². The fraction of sp³-hybridized carbons (Fsp3) is 0.550. The zero-order valence-electron chi connectivity index (χ0n) is 17.8. The van der Waals surface area contributed by atoms with Crippen LogP contribution in [-0.4, -0.2) is 70.6 Å². The summed E-state index contributed by atoms with van der Waals surface area (Å²) in [6, 6.07) is 4.49. The first-order valence-corrected chi connectivity index (χ1v) is 11.4. The quantitative estimate of drug-likeness (QED) is 0.538. The summed E-state index contributed by atoms with van der Waals surface area (Å²) in [4.78, 5) is 37.7. The lowest BCUT2D eigenvalue weighted by atomic mass is 9.97. The number of sulfonamides is 1. The van der Waals surface area contributed by atoms with Gasteiger partial charge in [-0.05, 0) is 51.0 Å². The van der Waals surface area contributed by atoms with Gasteiger partial charge in [0.15, 0.2) is 6.61 Å². The number of ether oxygens (including phenoxy) is 3. The van der Waals surface area contributed by atoms with Crippen LogP contribution in [0.1, 0.15) is 26.7 Å². The molecule has 0 bridgehead atoms. The largest absolute Gasteiger partial charge is 0.497 e. The molecule has 0 radical (unpaired) electrons. The average molecular weight is 457 g/mol. The summed E-state index contributed by atoms with van der Waals surface area (Å²) in [5.41, 5.74) is 0. The Morgan fingerprint density at radius 3 is 2.29 bits per heavy atom. The number of carbonyl (C=O) groups is 3. The zero-order chi connectivity index (χ0) is 23.0. The SMILES string of the molecule is CCOC(=O)C1CCN(C(=O)COC(=O)C(C)NS(=O)(=O)c2ccc(OC)cc2)CC1. The predicted octanol–water partition coefficient (Wildman–Crippen LogP) is 0.707. The Bertz CT molecular complexity index is 877. The van der Waals surface area contributed by atoms with E-state index in [4.69, 9.17) is 14.2 Å². The van der Waals surface area contributed by atoms with E-state index in [1.165, 1.54) is 43.2 Å². The monoisotopic (exact) mass is 456 g/mol. The summed E-state index contributed by atoms with van der Waals surface area (Å²) in [6.45, 7) is 3.60. The van der Waals surface area contributed by atoms with Gasteiger partial charge in [0.2, 0.25) is 10.0 Å². The Hall–Kier alpha value is -2.66. The molecule has 31 heavy (non-hydrogen) atoms. The van der Waals surface area contributed by atoms with Crippen molar-refractivity contribution in [3.05, 3.63) is 24.3 Å². The molecule has 2 rings (SSSR count). The number of hydrogen-bond acceptors (Lipinski definition) is 8. The van der Waals surface area contributed by atoms with Gasteiger partial charge in [0, 0.05) is 13.1 Å². The van der Waals surface area contributed by atoms with Gasteiger partial charge in [0.05, 0.1) is 24.5 Å². The molecular weight excluding hydrogens is 428 g/mol. The van der Waals surface area contributed by atoms with Crippen LogP contribution in [0.5, 0.6) is 5.75 Å². The number of esters is 2. The molecule has 10 nitrogen and oxygen atoms in total. The van der Waals surface area contributed by atoms with E-state index in [-0.39, 0.29) is 16.8 Å². The summed E-state index contributed by atoms with van der Waals surface area (Å²) < 4.78 is 42.0. The van der Waals surface area contributed by atoms with Crippen LogP contribution < -0.4 is 9.46 Å². The highest BCUT2D eigenvalue weighted by atomic mass is 32.2. The highest BCUT2D eigenvalue weighted by molar-refractivity contribution is 7.89. The number of likely N-dealkylation sites (tertiary alicyclic amines) is 1. The van der Waals surface area contributed by atoms with Crippen molar-refractivity contribution in [1.29, 1.82) is 0 Å². The van der Waals surface area contributed by atoms with Crippen molar-refractivity contribution >= 4 is 27.9 Å². The second-order valence-electron chi connectivity index (χ2n) is 7.03. The fourth-order valence-corrected chi connectivity index (χ4v) is 4.27. The molecule has 1 atom stereocenters. The molecule has 1 amide bonds. The van der Waals surface area contributed by atoms with Crippen molar-refractivity contribution < 1.29 is 37.0 Å². The van der Waals surface area contributed by atoms with Crippen LogP contribution in [0, 0.1) is 5.92 Å². The van der Waals surface area contributed by atoms with E-state index in [1.54, 1.807) is 6.92 Å². The van der Waals surface area contributed by atoms with Crippen molar-refractivity contribution in [3.63, 3.8) is 0 Å². The number of nitrogens with one attached hydrogen (secondary N) is 1. The fourth-order valence-electron chi connectivity index (χ4n) is 3.08. The van der Waals surface area contributed by atoms with Gasteiger partial charge in [0.1, 0.15) is 11.8 Å². The number of piperidine rings is 1. The van der Waals surface area contributed by atoms with Crippen LogP contribution in [0.4, 0.5) is 0 Å². The first kappa shape index (κ1) is 24.6. The number of carbonyl (C=O) groups excluding carboxylic acids is 3. The number of methoxy groups -OCH3 is 1. The number of benzene rings is 1. The van der Waals surface area contributed by atoms with Crippen molar-refractivity contribution in [2.75, 3.05) is 33.4 Å². The molecule has 11 heteroatoms. The molecule has 1 aromatic rings. The van der Waals surface area contributed by atoms with Gasteiger partial charge in [-0.25, -0.2) is 8.42 Å². The number of rotatable bonds is 9. The molecule has 1 aliphatic heterocycles. The average Bonchev–Trinajstić information content (AvgIpc) is 2.77. The number of nitrogens with zero attached hydrogens (tertiary/aromatic N) is 1. The van der Waals surface area contributed by atoms with Crippen molar-refractivity contribution in [2.45, 2.75) is 37.6 Å². The van der Waals surface area contributed by atoms with E-state index in [0.717, 1.165) is 0 Å². The van der Waals surface area contributed by atoms with E-state index in [1.807, 2.05) is 0 Å². The topological polar surface area (TPSA) is 128 Å². The van der Waals surface area contributed by atoms with Gasteiger partial charge >= 0.3 is 11.9 Å². The minimum absolute atomic E-state index is 0.0338. The maximum absolute atomic E-state index is 12.4. The summed E-state index contributed by atoms with van der Waals surface area (Å²) in [6.07, 6.45) is 0.965. The summed E-state index contributed by atoms with van der Waals surface area (Å²) in [5.74, 6) is -1.28. The molecule has 1 aliphatic rings. The molecule has 0 saturated carbocycles. The summed E-state index contributed by atoms with van der Waals surface area (Å²) in [5, 5.41) is 0. The van der Waals surface area contributed by atoms with E-state index < -0.39 is 34.5 Å². The third-order valence-corrected chi connectivity index (χ3v) is 6.42. The van der Waals surface area contributed by atoms with E-state index in [2.05, 4.69) is 4.72 Å². The van der Waals surface area contributed by atoms with E-state index in [0.29, 0.717) is 38.3 Å². The smallest absolute Gasteiger partial charge is 0.324 e. The van der Waals surface area contributed by atoms with Gasteiger partial charge in [-0.3, -0.25) is 14.4 Å². The lowest BCUT2D eigenvalue weighted by molar-refractivity contribution is -0.155. The zero-order valence-corrected chi connectivity index (χ0v) is 18.6. The van der Waals surface area contributed by atoms with Crippen molar-refractivity contribution in [2.24, 2.45) is 5.92 Å². The Morgan fingerprint density at radius 1 is 1.13 bits per heavy atom. The van der Waals surface area contributed by atoms with Crippen LogP contribution in [0.3, 0.4) is 0 Å². The molecule has 1 N–H and O–H groups in total. The molecule has 1 fully saturated rings. The van der Waals surface area contributed by atoms with Crippen LogP contribution in [0.2, 0.25) is 0 Å². The number of amides is 1. The van der Waals surface area contributed by atoms with Crippen molar-refractivity contribution in [1.82, 2.24) is 9.62 Å². The van der Waals surface area contributed by atoms with Gasteiger partial charge in [0.25, 0.3) is 5.91 Å². The minimum Gasteiger partial charge on any atom is -0.497 e. The first-order chi connectivity index (χ1) is 14.7. The molecule has 1 heterocycles. The molecular formula is C20H28N2O8S. The van der Waals surface area contributed by atoms with Crippen LogP contribution in [0.25, 0.3) is 0 Å². The Morgan fingerprint density at radius 2 is 1.74 bits per heavy atom. The second kappa shape index (κ2) is 11.1. The van der Waals surface area contributed by atoms with E-state index in [9.17, 15) is 22.8 Å². The van der Waals surface area contributed by atoms with Gasteiger partial charge < -0.3 is 19.1 Å². The predicted molar refractivity (Wildman–Crippen MR) is 110 cm³/mol. The van der Waals surface area contributed by atoms with Crippen LogP contribution in [0.15, 0.2) is 29.2 Å². The Balaban J connectivity index is 1.81. The second-order valence-corrected chi connectivity index (χ2v) is 8.75. The standard InChI is InChI=1S/C20H28N2O8S/c1-4-29-20(25)15-9-11-22(12-10-15)18(23)13-30-19(24)14(2)21-31(26,27)17-7-5-16(28-3)6-8-17/h5-8,14-15,21H,4,9-13H2,1-3H3. The molecule has 0 aliphatic carbocycles. The highest BCUT2D eigenvalue weighted by Gasteiger charge is 2.29. The lowest BCUT2D eigenvalue weighted by Gasteiger charge is -2.30. The highest BCUT2D eigenvalue weighted by Crippen LogP contribution is 2.19. The maximum Gasteiger partial charge on any atom is 0.324 e. The van der Waals surface area contributed by atoms with Gasteiger partial charge in [-0.1, -0.05) is 0 Å². The minimum atomic E-state index is -3.95. The van der Waals surface area contributed by atoms with Crippen LogP contribution in [-0.2, 0) is 33.9 Å². The summed E-state index contributed by atoms with van der Waals surface area (Å²) >= 11 is 0. The first-order valence-electron chi connectivity index (χ1n) is 9.95. The molecule has 0 aromatic heterocycles. The van der Waals surface area contributed by atoms with Gasteiger partial charge in [-0.2, -0.15) is 4.72 Å². The number of hydrogen-bond donors (Lipinski definition) is 1. The normalized spacial score (nSPS) is 15.8. The Labute approximate surface area is 181 Å². The van der Waals surface area contributed by atoms with E-state index >= 15 is 0 Å². The maximum atomic E-state index is 12.4. The lowest BCUT2D eigenvalue weighted by Crippen LogP contribution is -2.44. The van der Waals surface area contributed by atoms with Crippen LogP contribution >= 0.6 is 0 Å². The molecule has 0 spiro atoms. The third kappa shape index (κ3) is 6.93. The third-order valence-electron chi connectivity index (χ3n) is 4.86.